The smallest absolute Gasteiger partial charge is 0.232 e. The number of anilines is 2. The molecular weight excluding hydrogens is 396 g/mol. The number of methoxy groups -OCH3 is 1. The fourth-order valence-electron chi connectivity index (χ4n) is 3.71. The summed E-state index contributed by atoms with van der Waals surface area (Å²) in [6.45, 7) is 5.54. The Morgan fingerprint density at radius 3 is 2.50 bits per heavy atom. The molecule has 7 nitrogen and oxygen atoms in total. The third kappa shape index (κ3) is 3.34. The molecule has 2 aromatic heterocycles. The molecule has 0 unspecified atom stereocenters. The van der Waals surface area contributed by atoms with Gasteiger partial charge in [-0.1, -0.05) is 0 Å². The van der Waals surface area contributed by atoms with E-state index in [-0.39, 0.29) is 0 Å². The van der Waals surface area contributed by atoms with Crippen molar-refractivity contribution in [1.82, 2.24) is 19.9 Å². The van der Waals surface area contributed by atoms with Gasteiger partial charge in [0, 0.05) is 37.4 Å². The normalized spacial score (nSPS) is 17.2. The quantitative estimate of drug-likeness (QED) is 0.758. The molecule has 3 heterocycles. The first-order chi connectivity index (χ1) is 12.7. The first-order valence-electron chi connectivity index (χ1n) is 9.08. The second-order valence-corrected chi connectivity index (χ2v) is 7.58. The van der Waals surface area contributed by atoms with Crippen LogP contribution in [0.25, 0.3) is 0 Å². The van der Waals surface area contributed by atoms with E-state index in [9.17, 15) is 0 Å². The van der Waals surface area contributed by atoms with E-state index < -0.39 is 0 Å². The zero-order valence-electron chi connectivity index (χ0n) is 15.2. The van der Waals surface area contributed by atoms with E-state index in [0.717, 1.165) is 55.1 Å². The first-order valence-corrected chi connectivity index (χ1v) is 9.88. The molecule has 0 atom stereocenters. The average Bonchev–Trinajstić information content (AvgIpc) is 2.68. The Balaban J connectivity index is 1.52. The van der Waals surface area contributed by atoms with Crippen molar-refractivity contribution in [2.24, 2.45) is 0 Å². The summed E-state index contributed by atoms with van der Waals surface area (Å²) in [6, 6.07) is 0. The van der Waals surface area contributed by atoms with Gasteiger partial charge in [0.1, 0.15) is 11.6 Å². The van der Waals surface area contributed by atoms with Crippen LogP contribution in [0, 0.1) is 6.92 Å². The van der Waals surface area contributed by atoms with Crippen molar-refractivity contribution in [3.63, 3.8) is 0 Å². The molecule has 138 valence electrons. The van der Waals surface area contributed by atoms with E-state index in [1.807, 2.05) is 6.92 Å². The molecule has 4 rings (SSSR count). The second-order valence-electron chi connectivity index (χ2n) is 6.73. The zero-order valence-corrected chi connectivity index (χ0v) is 16.8. The van der Waals surface area contributed by atoms with Crippen LogP contribution >= 0.6 is 15.9 Å². The Morgan fingerprint density at radius 2 is 1.73 bits per heavy atom. The van der Waals surface area contributed by atoms with Gasteiger partial charge in [-0.3, -0.25) is 0 Å². The molecule has 1 fully saturated rings. The van der Waals surface area contributed by atoms with Gasteiger partial charge in [0.2, 0.25) is 11.8 Å². The molecule has 1 aliphatic carbocycles. The monoisotopic (exact) mass is 418 g/mol. The zero-order chi connectivity index (χ0) is 18.1. The Hall–Kier alpha value is -1.96. The number of aromatic nitrogens is 4. The van der Waals surface area contributed by atoms with Crippen LogP contribution < -0.4 is 14.5 Å². The van der Waals surface area contributed by atoms with Crippen LogP contribution in [-0.2, 0) is 12.8 Å². The summed E-state index contributed by atoms with van der Waals surface area (Å²) < 4.78 is 6.06. The molecule has 1 aliphatic heterocycles. The van der Waals surface area contributed by atoms with Crippen molar-refractivity contribution < 1.29 is 4.74 Å². The molecule has 0 bridgehead atoms. The van der Waals surface area contributed by atoms with E-state index in [0.29, 0.717) is 11.8 Å². The molecule has 0 saturated carbocycles. The van der Waals surface area contributed by atoms with Crippen LogP contribution in [0.1, 0.15) is 29.9 Å². The van der Waals surface area contributed by atoms with Gasteiger partial charge in [0.05, 0.1) is 17.8 Å². The molecule has 8 heteroatoms. The van der Waals surface area contributed by atoms with E-state index in [1.165, 1.54) is 24.1 Å². The summed E-state index contributed by atoms with van der Waals surface area (Å²) in [4.78, 5) is 23.0. The SMILES string of the molecule is COc1nc(N2CCN(c3nc(C)nc4c3CCCC4)CC2)ncc1Br. The lowest BCUT2D eigenvalue weighted by molar-refractivity contribution is 0.393. The number of ether oxygens (including phenoxy) is 1. The van der Waals surface area contributed by atoms with Gasteiger partial charge in [0.15, 0.2) is 0 Å². The van der Waals surface area contributed by atoms with Gasteiger partial charge in [-0.2, -0.15) is 4.98 Å². The van der Waals surface area contributed by atoms with Crippen LogP contribution in [0.3, 0.4) is 0 Å². The maximum Gasteiger partial charge on any atom is 0.232 e. The Morgan fingerprint density at radius 1 is 1.00 bits per heavy atom. The maximum absolute atomic E-state index is 5.29. The molecule has 2 aliphatic rings. The predicted octanol–water partition coefficient (Wildman–Crippen LogP) is 2.55. The third-order valence-electron chi connectivity index (χ3n) is 5.03. The second kappa shape index (κ2) is 7.34. The van der Waals surface area contributed by atoms with E-state index in [4.69, 9.17) is 9.72 Å². The highest BCUT2D eigenvalue weighted by Crippen LogP contribution is 2.29. The van der Waals surface area contributed by atoms with Crippen molar-refractivity contribution in [2.75, 3.05) is 43.1 Å². The molecule has 0 spiro atoms. The molecule has 1 saturated heterocycles. The Bertz CT molecular complexity index is 807. The minimum Gasteiger partial charge on any atom is -0.480 e. The standard InChI is InChI=1S/C18H23BrN6O/c1-12-21-15-6-4-3-5-13(15)16(22-12)24-7-9-25(10-8-24)18-20-11-14(19)17(23-18)26-2/h11H,3-10H2,1-2H3. The van der Waals surface area contributed by atoms with E-state index >= 15 is 0 Å². The Kier molecular flexibility index (Phi) is 4.93. The van der Waals surface area contributed by atoms with Gasteiger partial charge in [0.25, 0.3) is 0 Å². The van der Waals surface area contributed by atoms with Crippen molar-refractivity contribution in [1.29, 1.82) is 0 Å². The predicted molar refractivity (Wildman–Crippen MR) is 104 cm³/mol. The number of aryl methyl sites for hydroxylation is 2. The minimum atomic E-state index is 0.568. The summed E-state index contributed by atoms with van der Waals surface area (Å²) in [7, 11) is 1.62. The lowest BCUT2D eigenvalue weighted by Gasteiger charge is -2.37. The first kappa shape index (κ1) is 17.5. The minimum absolute atomic E-state index is 0.568. The highest BCUT2D eigenvalue weighted by atomic mass is 79.9. The molecule has 26 heavy (non-hydrogen) atoms. The highest BCUT2D eigenvalue weighted by molar-refractivity contribution is 9.10. The molecule has 2 aromatic rings. The number of hydrogen-bond acceptors (Lipinski definition) is 7. The summed E-state index contributed by atoms with van der Waals surface area (Å²) in [5.41, 5.74) is 2.61. The van der Waals surface area contributed by atoms with Gasteiger partial charge < -0.3 is 14.5 Å². The van der Waals surface area contributed by atoms with E-state index in [2.05, 4.69) is 40.7 Å². The molecule has 0 amide bonds. The van der Waals surface area contributed by atoms with Crippen molar-refractivity contribution in [3.8, 4) is 5.88 Å². The lowest BCUT2D eigenvalue weighted by Crippen LogP contribution is -2.48. The van der Waals surface area contributed by atoms with Gasteiger partial charge in [-0.15, -0.1) is 0 Å². The fraction of sp³-hybridized carbons (Fsp3) is 0.556. The molecule has 0 N–H and O–H groups in total. The fourth-order valence-corrected chi connectivity index (χ4v) is 4.07. The number of fused-ring (bicyclic) bond motifs is 1. The van der Waals surface area contributed by atoms with Crippen LogP contribution in [-0.4, -0.2) is 53.2 Å². The van der Waals surface area contributed by atoms with Crippen molar-refractivity contribution in [3.05, 3.63) is 27.8 Å². The summed E-state index contributed by atoms with van der Waals surface area (Å²) >= 11 is 3.41. The number of halogens is 1. The van der Waals surface area contributed by atoms with Gasteiger partial charge in [-0.25, -0.2) is 15.0 Å². The highest BCUT2D eigenvalue weighted by Gasteiger charge is 2.25. The largest absolute Gasteiger partial charge is 0.480 e. The number of hydrogen-bond donors (Lipinski definition) is 0. The molecular formula is C18H23BrN6O. The lowest BCUT2D eigenvalue weighted by atomic mass is 9.96. The maximum atomic E-state index is 5.29. The van der Waals surface area contributed by atoms with Crippen molar-refractivity contribution >= 4 is 27.7 Å². The summed E-state index contributed by atoms with van der Waals surface area (Å²) in [6.07, 6.45) is 6.40. The van der Waals surface area contributed by atoms with Crippen LogP contribution in [0.5, 0.6) is 5.88 Å². The van der Waals surface area contributed by atoms with Gasteiger partial charge in [-0.05, 0) is 48.5 Å². The number of rotatable bonds is 3. The van der Waals surface area contributed by atoms with Crippen LogP contribution in [0.4, 0.5) is 11.8 Å². The third-order valence-corrected chi connectivity index (χ3v) is 5.57. The van der Waals surface area contributed by atoms with E-state index in [1.54, 1.807) is 13.3 Å². The van der Waals surface area contributed by atoms with Crippen LogP contribution in [0.2, 0.25) is 0 Å². The van der Waals surface area contributed by atoms with Crippen LogP contribution in [0.15, 0.2) is 10.7 Å². The number of piperazine rings is 1. The Labute approximate surface area is 162 Å². The van der Waals surface area contributed by atoms with Crippen molar-refractivity contribution in [2.45, 2.75) is 32.6 Å². The van der Waals surface area contributed by atoms with Gasteiger partial charge >= 0.3 is 0 Å². The summed E-state index contributed by atoms with van der Waals surface area (Å²) in [5.74, 6) is 3.30. The number of nitrogens with zero attached hydrogens (tertiary/aromatic N) is 6. The topological polar surface area (TPSA) is 67.3 Å². The molecule has 0 aromatic carbocycles. The average molecular weight is 419 g/mol. The molecule has 0 radical (unpaired) electrons. The summed E-state index contributed by atoms with van der Waals surface area (Å²) in [5, 5.41) is 0.